The molecule has 0 saturated carbocycles. The second-order valence-corrected chi connectivity index (χ2v) is 8.05. The van der Waals surface area contributed by atoms with Gasteiger partial charge in [-0.1, -0.05) is 12.1 Å². The van der Waals surface area contributed by atoms with Crippen LogP contribution in [0.25, 0.3) is 11.4 Å². The Kier molecular flexibility index (Phi) is 5.09. The van der Waals surface area contributed by atoms with Crippen molar-refractivity contribution in [1.82, 2.24) is 14.3 Å². The predicted octanol–water partition coefficient (Wildman–Crippen LogP) is 2.77. The smallest absolute Gasteiger partial charge is 0.291 e. The summed E-state index contributed by atoms with van der Waals surface area (Å²) in [5.41, 5.74) is 8.40. The van der Waals surface area contributed by atoms with E-state index in [1.54, 1.807) is 29.2 Å². The van der Waals surface area contributed by atoms with Crippen LogP contribution in [-0.4, -0.2) is 32.7 Å². The van der Waals surface area contributed by atoms with Gasteiger partial charge >= 0.3 is 0 Å². The number of amides is 2. The summed E-state index contributed by atoms with van der Waals surface area (Å²) >= 11 is 0. The molecule has 170 valence electrons. The van der Waals surface area contributed by atoms with Gasteiger partial charge in [0.15, 0.2) is 11.5 Å². The maximum absolute atomic E-state index is 13.7. The summed E-state index contributed by atoms with van der Waals surface area (Å²) in [6.07, 6.45) is 1.88. The molecule has 0 atom stereocenters. The van der Waals surface area contributed by atoms with E-state index in [1.165, 1.54) is 21.5 Å². The fourth-order valence-corrected chi connectivity index (χ4v) is 4.21. The molecular weight excluding hydrogens is 437 g/mol. The summed E-state index contributed by atoms with van der Waals surface area (Å²) in [4.78, 5) is 39.3. The molecule has 4 aromatic rings. The highest BCUT2D eigenvalue weighted by molar-refractivity contribution is 6.09. The van der Waals surface area contributed by atoms with Gasteiger partial charge in [-0.25, -0.2) is 9.07 Å². The molecule has 2 amide bonds. The maximum atomic E-state index is 13.7. The van der Waals surface area contributed by atoms with Crippen molar-refractivity contribution in [2.45, 2.75) is 13.3 Å². The van der Waals surface area contributed by atoms with Crippen LogP contribution in [0.15, 0.2) is 71.7 Å². The number of carbonyl (C=O) groups excluding carboxylic acids is 2. The first-order valence-electron chi connectivity index (χ1n) is 10.6. The number of aryl methyl sites for hydroxylation is 1. The Morgan fingerprint density at radius 1 is 1.00 bits per heavy atom. The van der Waals surface area contributed by atoms with Crippen LogP contribution in [0.4, 0.5) is 10.1 Å². The quantitative estimate of drug-likeness (QED) is 0.509. The van der Waals surface area contributed by atoms with E-state index in [-0.39, 0.29) is 17.3 Å². The minimum atomic E-state index is -0.847. The van der Waals surface area contributed by atoms with E-state index in [9.17, 15) is 18.8 Å². The fraction of sp³-hybridized carbons (Fsp3) is 0.120. The lowest BCUT2D eigenvalue weighted by molar-refractivity contribution is 0.0972. The van der Waals surface area contributed by atoms with Gasteiger partial charge in [-0.05, 0) is 67.4 Å². The summed E-state index contributed by atoms with van der Waals surface area (Å²) in [7, 11) is 0. The predicted molar refractivity (Wildman–Crippen MR) is 124 cm³/mol. The van der Waals surface area contributed by atoms with Crippen molar-refractivity contribution < 1.29 is 14.0 Å². The fourth-order valence-electron chi connectivity index (χ4n) is 4.21. The molecule has 0 radical (unpaired) electrons. The molecule has 0 fully saturated rings. The van der Waals surface area contributed by atoms with Crippen molar-refractivity contribution in [2.75, 3.05) is 11.4 Å². The van der Waals surface area contributed by atoms with E-state index in [2.05, 4.69) is 5.10 Å². The number of halogens is 1. The largest absolute Gasteiger partial charge is 0.364 e. The Balaban J connectivity index is 1.55. The summed E-state index contributed by atoms with van der Waals surface area (Å²) in [6, 6.07) is 16.7. The van der Waals surface area contributed by atoms with E-state index in [0.717, 1.165) is 11.6 Å². The number of hydrogen-bond acceptors (Lipinski definition) is 4. The van der Waals surface area contributed by atoms with Crippen molar-refractivity contribution >= 4 is 17.5 Å². The van der Waals surface area contributed by atoms with E-state index in [1.807, 2.05) is 31.2 Å². The number of hydrogen-bond donors (Lipinski definition) is 1. The lowest BCUT2D eigenvalue weighted by Crippen LogP contribution is -2.39. The number of pyridine rings is 1. The third-order valence-corrected chi connectivity index (χ3v) is 5.84. The first-order chi connectivity index (χ1) is 16.3. The van der Waals surface area contributed by atoms with Gasteiger partial charge in [0.1, 0.15) is 5.69 Å². The zero-order valence-corrected chi connectivity index (χ0v) is 18.2. The lowest BCUT2D eigenvalue weighted by Gasteiger charge is -2.28. The third kappa shape index (κ3) is 3.47. The zero-order chi connectivity index (χ0) is 24.0. The van der Waals surface area contributed by atoms with Crippen molar-refractivity contribution in [3.63, 3.8) is 0 Å². The summed E-state index contributed by atoms with van der Waals surface area (Å²) in [5, 5.41) is 4.37. The van der Waals surface area contributed by atoms with Crippen LogP contribution in [0.2, 0.25) is 0 Å². The van der Waals surface area contributed by atoms with E-state index >= 15 is 0 Å². The van der Waals surface area contributed by atoms with Crippen LogP contribution in [0, 0.1) is 12.7 Å². The van der Waals surface area contributed by atoms with E-state index in [0.29, 0.717) is 35.6 Å². The highest BCUT2D eigenvalue weighted by Crippen LogP contribution is 2.29. The van der Waals surface area contributed by atoms with Crippen LogP contribution in [0.5, 0.6) is 0 Å². The Morgan fingerprint density at radius 2 is 1.74 bits per heavy atom. The molecule has 0 unspecified atom stereocenters. The van der Waals surface area contributed by atoms with Gasteiger partial charge in [-0.3, -0.25) is 19.0 Å². The van der Waals surface area contributed by atoms with Crippen molar-refractivity contribution in [1.29, 1.82) is 0 Å². The van der Waals surface area contributed by atoms with Crippen LogP contribution in [-0.2, 0) is 6.42 Å². The summed E-state index contributed by atoms with van der Waals surface area (Å²) in [5.74, 6) is -1.85. The normalized spacial score (nSPS) is 13.1. The van der Waals surface area contributed by atoms with Gasteiger partial charge in [0.05, 0.1) is 5.69 Å². The van der Waals surface area contributed by atoms with E-state index in [4.69, 9.17) is 5.73 Å². The molecular formula is C25H20FN5O3. The number of fused-ring (bicyclic) bond motifs is 1. The third-order valence-electron chi connectivity index (χ3n) is 5.84. The van der Waals surface area contributed by atoms with Gasteiger partial charge in [-0.15, -0.1) is 0 Å². The van der Waals surface area contributed by atoms with Crippen molar-refractivity contribution in [2.24, 2.45) is 5.73 Å². The average molecular weight is 457 g/mol. The van der Waals surface area contributed by atoms with Gasteiger partial charge in [0.25, 0.3) is 17.4 Å². The molecule has 0 saturated heterocycles. The van der Waals surface area contributed by atoms with Gasteiger partial charge in [0.2, 0.25) is 0 Å². The number of benzene rings is 2. The summed E-state index contributed by atoms with van der Waals surface area (Å²) < 4.78 is 16.3. The van der Waals surface area contributed by atoms with Gasteiger partial charge in [-0.2, -0.15) is 5.10 Å². The number of aromatic nitrogens is 3. The molecule has 1 aliphatic heterocycles. The number of primary amides is 1. The molecule has 8 nitrogen and oxygen atoms in total. The van der Waals surface area contributed by atoms with E-state index < -0.39 is 17.3 Å². The molecule has 1 aliphatic rings. The SMILES string of the molecule is Cc1cccc(-n2nc(C(N)=O)c3c2C(=O)N(c2ccc(-n4cccc(F)c4=O)cc2)CC3)c1. The van der Waals surface area contributed by atoms with Crippen LogP contribution in [0.3, 0.4) is 0 Å². The topological polar surface area (TPSA) is 103 Å². The molecule has 2 aromatic heterocycles. The summed E-state index contributed by atoms with van der Waals surface area (Å²) in [6.45, 7) is 2.25. The number of nitrogens with zero attached hydrogens (tertiary/aromatic N) is 4. The first kappa shape index (κ1) is 21.3. The molecule has 34 heavy (non-hydrogen) atoms. The second kappa shape index (κ2) is 8.11. The Labute approximate surface area is 193 Å². The molecule has 2 aromatic carbocycles. The standard InChI is InChI=1S/C25H20FN5O3/c1-15-4-2-5-18(14-15)31-22-19(21(28-31)23(27)32)11-13-30(25(22)34)17-9-7-16(8-10-17)29-12-3-6-20(26)24(29)33/h2-10,12,14H,11,13H2,1H3,(H2,27,32). The molecule has 0 aliphatic carbocycles. The molecule has 0 bridgehead atoms. The van der Waals surface area contributed by atoms with Gasteiger partial charge in [0, 0.05) is 29.7 Å². The Hall–Kier alpha value is -4.53. The first-order valence-corrected chi connectivity index (χ1v) is 10.6. The van der Waals surface area contributed by atoms with Crippen LogP contribution in [0.1, 0.15) is 32.1 Å². The Morgan fingerprint density at radius 3 is 2.44 bits per heavy atom. The highest BCUT2D eigenvalue weighted by atomic mass is 19.1. The second-order valence-electron chi connectivity index (χ2n) is 8.05. The average Bonchev–Trinajstić information content (AvgIpc) is 3.22. The lowest BCUT2D eigenvalue weighted by atomic mass is 10.0. The molecule has 2 N–H and O–H groups in total. The zero-order valence-electron chi connectivity index (χ0n) is 18.2. The molecule has 3 heterocycles. The highest BCUT2D eigenvalue weighted by Gasteiger charge is 2.34. The molecule has 0 spiro atoms. The number of rotatable bonds is 4. The molecule has 5 rings (SSSR count). The number of carbonyl (C=O) groups is 2. The molecule has 9 heteroatoms. The van der Waals surface area contributed by atoms with Crippen LogP contribution >= 0.6 is 0 Å². The minimum Gasteiger partial charge on any atom is -0.364 e. The number of nitrogens with two attached hydrogens (primary N) is 1. The van der Waals surface area contributed by atoms with Gasteiger partial charge < -0.3 is 10.6 Å². The number of anilines is 1. The van der Waals surface area contributed by atoms with Crippen molar-refractivity contribution in [3.8, 4) is 11.4 Å². The monoisotopic (exact) mass is 457 g/mol. The maximum Gasteiger partial charge on any atom is 0.291 e. The Bertz CT molecular complexity index is 1500. The van der Waals surface area contributed by atoms with Crippen LogP contribution < -0.4 is 16.2 Å². The van der Waals surface area contributed by atoms with Crippen molar-refractivity contribution in [3.05, 3.63) is 106 Å². The minimum absolute atomic E-state index is 0.0883.